The summed E-state index contributed by atoms with van der Waals surface area (Å²) >= 11 is 0. The maximum Gasteiger partial charge on any atom is 0.414 e. The number of aromatic nitrogens is 1. The fourth-order valence-corrected chi connectivity index (χ4v) is 1.04. The fourth-order valence-electron chi connectivity index (χ4n) is 1.04. The molecular weight excluding hydrogens is 212 g/mol. The van der Waals surface area contributed by atoms with Gasteiger partial charge in [0.05, 0.1) is 18.5 Å². The molecule has 6 heteroatoms. The van der Waals surface area contributed by atoms with Gasteiger partial charge in [-0.15, -0.1) is 0 Å². The normalized spacial score (nSPS) is 9.62. The van der Waals surface area contributed by atoms with Crippen LogP contribution in [-0.4, -0.2) is 35.8 Å². The highest BCUT2D eigenvalue weighted by Gasteiger charge is 2.12. The topological polar surface area (TPSA) is 79.7 Å². The average Bonchev–Trinajstić information content (AvgIpc) is 2.28. The molecule has 0 saturated carbocycles. The number of carboxylic acids is 1. The molecule has 0 fully saturated rings. The number of nitrogens with zero attached hydrogens (tertiary/aromatic N) is 2. The summed E-state index contributed by atoms with van der Waals surface area (Å²) in [7, 11) is 1.52. The molecule has 1 amide bonds. The highest BCUT2D eigenvalue weighted by Crippen LogP contribution is 2.12. The van der Waals surface area contributed by atoms with Crippen LogP contribution in [0.15, 0.2) is 18.3 Å². The SMILES string of the molecule is CCOC(=O)N(C)c1ccc(C(=O)O)nc1. The predicted octanol–water partition coefficient (Wildman–Crippen LogP) is 1.37. The zero-order valence-electron chi connectivity index (χ0n) is 9.01. The highest BCUT2D eigenvalue weighted by molar-refractivity contribution is 5.88. The van der Waals surface area contributed by atoms with Gasteiger partial charge in [-0.2, -0.15) is 0 Å². The number of hydrogen-bond donors (Lipinski definition) is 1. The number of aromatic carboxylic acids is 1. The van der Waals surface area contributed by atoms with Crippen LogP contribution in [0.25, 0.3) is 0 Å². The Hall–Kier alpha value is -2.11. The Balaban J connectivity index is 2.81. The third-order valence-electron chi connectivity index (χ3n) is 1.90. The van der Waals surface area contributed by atoms with Gasteiger partial charge in [0.25, 0.3) is 0 Å². The van der Waals surface area contributed by atoms with Crippen LogP contribution in [0, 0.1) is 0 Å². The summed E-state index contributed by atoms with van der Waals surface area (Å²) in [5.74, 6) is -1.11. The van der Waals surface area contributed by atoms with Gasteiger partial charge in [-0.3, -0.25) is 4.90 Å². The molecule has 0 saturated heterocycles. The van der Waals surface area contributed by atoms with Crippen LogP contribution < -0.4 is 4.90 Å². The van der Waals surface area contributed by atoms with E-state index in [1.807, 2.05) is 0 Å². The minimum atomic E-state index is -1.11. The molecule has 0 radical (unpaired) electrons. The Bertz CT molecular complexity index is 388. The summed E-state index contributed by atoms with van der Waals surface area (Å²) in [5.41, 5.74) is 0.407. The van der Waals surface area contributed by atoms with Gasteiger partial charge < -0.3 is 9.84 Å². The van der Waals surface area contributed by atoms with Crippen molar-refractivity contribution in [1.29, 1.82) is 0 Å². The number of anilines is 1. The Morgan fingerprint density at radius 1 is 1.50 bits per heavy atom. The predicted molar refractivity (Wildman–Crippen MR) is 56.6 cm³/mol. The first-order valence-electron chi connectivity index (χ1n) is 4.66. The lowest BCUT2D eigenvalue weighted by Crippen LogP contribution is -2.27. The van der Waals surface area contributed by atoms with Gasteiger partial charge in [-0.25, -0.2) is 14.6 Å². The van der Waals surface area contributed by atoms with E-state index in [0.29, 0.717) is 5.69 Å². The van der Waals surface area contributed by atoms with E-state index in [1.165, 1.54) is 30.3 Å². The summed E-state index contributed by atoms with van der Waals surface area (Å²) in [4.78, 5) is 26.8. The quantitative estimate of drug-likeness (QED) is 0.838. The molecule has 16 heavy (non-hydrogen) atoms. The van der Waals surface area contributed by atoms with Crippen molar-refractivity contribution >= 4 is 17.7 Å². The van der Waals surface area contributed by atoms with Crippen molar-refractivity contribution in [3.63, 3.8) is 0 Å². The Morgan fingerprint density at radius 3 is 2.62 bits per heavy atom. The molecule has 0 unspecified atom stereocenters. The fraction of sp³-hybridized carbons (Fsp3) is 0.300. The van der Waals surface area contributed by atoms with E-state index < -0.39 is 12.1 Å². The zero-order valence-corrected chi connectivity index (χ0v) is 9.01. The van der Waals surface area contributed by atoms with Gasteiger partial charge in [0.15, 0.2) is 0 Å². The lowest BCUT2D eigenvalue weighted by atomic mass is 10.3. The van der Waals surface area contributed by atoms with E-state index in [4.69, 9.17) is 9.84 Å². The molecule has 0 bridgehead atoms. The molecular formula is C10H12N2O4. The maximum absolute atomic E-state index is 11.3. The highest BCUT2D eigenvalue weighted by atomic mass is 16.6. The summed E-state index contributed by atoms with van der Waals surface area (Å²) in [5, 5.41) is 8.64. The van der Waals surface area contributed by atoms with Gasteiger partial charge in [0.2, 0.25) is 0 Å². The monoisotopic (exact) mass is 224 g/mol. The average molecular weight is 224 g/mol. The van der Waals surface area contributed by atoms with Crippen LogP contribution in [0.1, 0.15) is 17.4 Å². The second-order valence-corrected chi connectivity index (χ2v) is 2.96. The van der Waals surface area contributed by atoms with Crippen LogP contribution in [0.5, 0.6) is 0 Å². The van der Waals surface area contributed by atoms with E-state index >= 15 is 0 Å². The molecule has 86 valence electrons. The molecule has 6 nitrogen and oxygen atoms in total. The molecule has 0 aromatic carbocycles. The third-order valence-corrected chi connectivity index (χ3v) is 1.90. The van der Waals surface area contributed by atoms with Crippen molar-refractivity contribution in [3.05, 3.63) is 24.0 Å². The maximum atomic E-state index is 11.3. The molecule has 0 atom stereocenters. The summed E-state index contributed by atoms with van der Waals surface area (Å²) in [6.45, 7) is 1.99. The zero-order chi connectivity index (χ0) is 12.1. The lowest BCUT2D eigenvalue weighted by molar-refractivity contribution is 0.0690. The number of carbonyl (C=O) groups is 2. The minimum absolute atomic E-state index is 0.0685. The number of carbonyl (C=O) groups excluding carboxylic acids is 1. The third kappa shape index (κ3) is 2.69. The number of pyridine rings is 1. The minimum Gasteiger partial charge on any atom is -0.477 e. The Morgan fingerprint density at radius 2 is 2.19 bits per heavy atom. The van der Waals surface area contributed by atoms with Crippen molar-refractivity contribution in [2.45, 2.75) is 6.92 Å². The molecule has 1 heterocycles. The van der Waals surface area contributed by atoms with Crippen LogP contribution in [0.4, 0.5) is 10.5 Å². The van der Waals surface area contributed by atoms with Gasteiger partial charge in [0, 0.05) is 7.05 Å². The standard InChI is InChI=1S/C10H12N2O4/c1-3-16-10(15)12(2)7-4-5-8(9(13)14)11-6-7/h4-6H,3H2,1-2H3,(H,13,14). The molecule has 1 rings (SSSR count). The number of ether oxygens (including phenoxy) is 1. The molecule has 1 aromatic heterocycles. The van der Waals surface area contributed by atoms with Crippen molar-refractivity contribution in [1.82, 2.24) is 4.98 Å². The number of amides is 1. The van der Waals surface area contributed by atoms with E-state index in [-0.39, 0.29) is 12.3 Å². The second-order valence-electron chi connectivity index (χ2n) is 2.96. The molecule has 0 aliphatic heterocycles. The van der Waals surface area contributed by atoms with Crippen LogP contribution >= 0.6 is 0 Å². The van der Waals surface area contributed by atoms with Crippen LogP contribution in [0.2, 0.25) is 0 Å². The first-order chi connectivity index (χ1) is 7.56. The largest absolute Gasteiger partial charge is 0.477 e. The van der Waals surface area contributed by atoms with Gasteiger partial charge in [-0.1, -0.05) is 0 Å². The van der Waals surface area contributed by atoms with E-state index in [2.05, 4.69) is 4.98 Å². The first-order valence-corrected chi connectivity index (χ1v) is 4.66. The number of hydrogen-bond acceptors (Lipinski definition) is 4. The smallest absolute Gasteiger partial charge is 0.414 e. The van der Waals surface area contributed by atoms with Gasteiger partial charge in [0.1, 0.15) is 5.69 Å². The van der Waals surface area contributed by atoms with E-state index in [1.54, 1.807) is 6.92 Å². The molecule has 0 spiro atoms. The van der Waals surface area contributed by atoms with Gasteiger partial charge >= 0.3 is 12.1 Å². The number of carboxylic acid groups (broad SMARTS) is 1. The molecule has 1 aromatic rings. The Labute approximate surface area is 92.5 Å². The van der Waals surface area contributed by atoms with Crippen molar-refractivity contribution < 1.29 is 19.4 Å². The first kappa shape index (κ1) is 12.0. The Kier molecular flexibility index (Phi) is 3.82. The summed E-state index contributed by atoms with van der Waals surface area (Å²) in [6, 6.07) is 2.82. The molecule has 1 N–H and O–H groups in total. The van der Waals surface area contributed by atoms with Crippen molar-refractivity contribution in [2.75, 3.05) is 18.6 Å². The van der Waals surface area contributed by atoms with Crippen LogP contribution in [-0.2, 0) is 4.74 Å². The van der Waals surface area contributed by atoms with E-state index in [9.17, 15) is 9.59 Å². The second kappa shape index (κ2) is 5.11. The van der Waals surface area contributed by atoms with E-state index in [0.717, 1.165) is 0 Å². The molecule has 0 aliphatic carbocycles. The van der Waals surface area contributed by atoms with Gasteiger partial charge in [-0.05, 0) is 19.1 Å². The van der Waals surface area contributed by atoms with Crippen molar-refractivity contribution in [2.24, 2.45) is 0 Å². The molecule has 0 aliphatic rings. The lowest BCUT2D eigenvalue weighted by Gasteiger charge is -2.15. The van der Waals surface area contributed by atoms with Crippen LogP contribution in [0.3, 0.4) is 0 Å². The summed E-state index contributed by atoms with van der Waals surface area (Å²) in [6.07, 6.45) is 0.799. The summed E-state index contributed by atoms with van der Waals surface area (Å²) < 4.78 is 4.78. The number of rotatable bonds is 3. The van der Waals surface area contributed by atoms with Crippen molar-refractivity contribution in [3.8, 4) is 0 Å².